The van der Waals surface area contributed by atoms with Crippen molar-refractivity contribution in [3.8, 4) is 11.4 Å². The zero-order chi connectivity index (χ0) is 19.9. The normalized spacial score (nSPS) is 10.4. The highest BCUT2D eigenvalue weighted by Crippen LogP contribution is 2.16. The smallest absolute Gasteiger partial charge is 0.272 e. The number of ether oxygens (including phenoxy) is 1. The Hall–Kier alpha value is -3.13. The highest BCUT2D eigenvalue weighted by Gasteiger charge is 2.12. The van der Waals surface area contributed by atoms with E-state index in [4.69, 9.17) is 4.74 Å². The first-order valence-electron chi connectivity index (χ1n) is 8.67. The zero-order valence-electron chi connectivity index (χ0n) is 15.2. The Bertz CT molecular complexity index is 970. The van der Waals surface area contributed by atoms with E-state index in [0.717, 1.165) is 15.9 Å². The molecule has 0 saturated carbocycles. The molecule has 0 spiro atoms. The lowest BCUT2D eigenvalue weighted by Crippen LogP contribution is -2.33. The second kappa shape index (κ2) is 9.18. The Balaban J connectivity index is 1.53. The molecule has 0 aliphatic carbocycles. The molecule has 2 amide bonds. The van der Waals surface area contributed by atoms with Gasteiger partial charge in [0.15, 0.2) is 5.69 Å². The van der Waals surface area contributed by atoms with Crippen molar-refractivity contribution in [1.82, 2.24) is 15.1 Å². The summed E-state index contributed by atoms with van der Waals surface area (Å²) in [6, 6.07) is 16.2. The summed E-state index contributed by atoms with van der Waals surface area (Å²) in [5, 5.41) is 9.53. The summed E-state index contributed by atoms with van der Waals surface area (Å²) in [7, 11) is 0. The average Bonchev–Trinajstić information content (AvgIpc) is 3.18. The average molecular weight is 443 g/mol. The number of halogens is 1. The number of nitrogens with zero attached hydrogens (tertiary/aromatic N) is 2. The van der Waals surface area contributed by atoms with Crippen LogP contribution in [0.2, 0.25) is 0 Å². The van der Waals surface area contributed by atoms with E-state index >= 15 is 0 Å². The highest BCUT2D eigenvalue weighted by atomic mass is 79.9. The molecule has 0 unspecified atom stereocenters. The van der Waals surface area contributed by atoms with E-state index in [1.807, 2.05) is 31.2 Å². The maximum absolute atomic E-state index is 12.2. The van der Waals surface area contributed by atoms with Gasteiger partial charge in [0.1, 0.15) is 5.75 Å². The molecule has 2 N–H and O–H groups in total. The van der Waals surface area contributed by atoms with Crippen molar-refractivity contribution in [3.63, 3.8) is 0 Å². The van der Waals surface area contributed by atoms with Crippen molar-refractivity contribution in [2.45, 2.75) is 6.92 Å². The molecule has 2 aromatic carbocycles. The molecule has 1 aromatic heterocycles. The fraction of sp³-hybridized carbons (Fsp3) is 0.150. The fourth-order valence-corrected chi connectivity index (χ4v) is 2.85. The van der Waals surface area contributed by atoms with Crippen molar-refractivity contribution in [2.24, 2.45) is 0 Å². The predicted octanol–water partition coefficient (Wildman–Crippen LogP) is 3.40. The number of carbonyl (C=O) groups is 2. The summed E-state index contributed by atoms with van der Waals surface area (Å²) in [5.41, 5.74) is 1.68. The number of aromatic nitrogens is 2. The molecule has 144 valence electrons. The van der Waals surface area contributed by atoms with Crippen LogP contribution in [0.1, 0.15) is 17.4 Å². The molecular weight excluding hydrogens is 424 g/mol. The van der Waals surface area contributed by atoms with Gasteiger partial charge in [0.2, 0.25) is 5.91 Å². The summed E-state index contributed by atoms with van der Waals surface area (Å²) in [6.07, 6.45) is 1.69. The van der Waals surface area contributed by atoms with Gasteiger partial charge in [-0.3, -0.25) is 9.59 Å². The molecule has 0 radical (unpaired) electrons. The standard InChI is InChI=1S/C20H19BrN4O3/c1-2-28-17-8-6-15(7-9-17)23-19(26)13-22-20(27)18-10-11-25(24-18)16-5-3-4-14(21)12-16/h3-12H,2,13H2,1H3,(H,22,27)(H,23,26). The topological polar surface area (TPSA) is 85.3 Å². The first-order chi connectivity index (χ1) is 13.5. The molecule has 0 atom stereocenters. The molecular formula is C20H19BrN4O3. The molecule has 0 saturated heterocycles. The highest BCUT2D eigenvalue weighted by molar-refractivity contribution is 9.10. The second-order valence-corrected chi connectivity index (χ2v) is 6.73. The van der Waals surface area contributed by atoms with Gasteiger partial charge in [0, 0.05) is 16.4 Å². The zero-order valence-corrected chi connectivity index (χ0v) is 16.8. The van der Waals surface area contributed by atoms with Crippen LogP contribution in [0.4, 0.5) is 5.69 Å². The van der Waals surface area contributed by atoms with Crippen LogP contribution in [0.25, 0.3) is 5.69 Å². The summed E-state index contributed by atoms with van der Waals surface area (Å²) < 4.78 is 7.86. The number of nitrogens with one attached hydrogen (secondary N) is 2. The van der Waals surface area contributed by atoms with Crippen molar-refractivity contribution < 1.29 is 14.3 Å². The first-order valence-corrected chi connectivity index (χ1v) is 9.47. The molecule has 3 aromatic rings. The predicted molar refractivity (Wildman–Crippen MR) is 110 cm³/mol. The third kappa shape index (κ3) is 5.20. The Morgan fingerprint density at radius 1 is 1.14 bits per heavy atom. The van der Waals surface area contributed by atoms with E-state index in [-0.39, 0.29) is 18.1 Å². The van der Waals surface area contributed by atoms with Crippen LogP contribution in [0.5, 0.6) is 5.75 Å². The SMILES string of the molecule is CCOc1ccc(NC(=O)CNC(=O)c2ccn(-c3cccc(Br)c3)n2)cc1. The van der Waals surface area contributed by atoms with Gasteiger partial charge in [0.25, 0.3) is 5.91 Å². The maximum Gasteiger partial charge on any atom is 0.272 e. The Morgan fingerprint density at radius 3 is 2.64 bits per heavy atom. The minimum atomic E-state index is -0.421. The molecule has 1 heterocycles. The van der Waals surface area contributed by atoms with Gasteiger partial charge in [-0.2, -0.15) is 5.10 Å². The second-order valence-electron chi connectivity index (χ2n) is 5.81. The van der Waals surface area contributed by atoms with Crippen molar-refractivity contribution in [2.75, 3.05) is 18.5 Å². The van der Waals surface area contributed by atoms with Gasteiger partial charge < -0.3 is 15.4 Å². The van der Waals surface area contributed by atoms with E-state index in [2.05, 4.69) is 31.7 Å². The third-order valence-electron chi connectivity index (χ3n) is 3.75. The fourth-order valence-electron chi connectivity index (χ4n) is 2.46. The summed E-state index contributed by atoms with van der Waals surface area (Å²) in [5.74, 6) is -0.0191. The van der Waals surface area contributed by atoms with Crippen LogP contribution in [-0.2, 0) is 4.79 Å². The molecule has 3 rings (SSSR count). The number of carbonyl (C=O) groups excluding carboxylic acids is 2. The van der Waals surface area contributed by atoms with Crippen molar-refractivity contribution in [1.29, 1.82) is 0 Å². The lowest BCUT2D eigenvalue weighted by molar-refractivity contribution is -0.115. The van der Waals surface area contributed by atoms with Crippen LogP contribution < -0.4 is 15.4 Å². The van der Waals surface area contributed by atoms with E-state index in [1.165, 1.54) is 0 Å². The van der Waals surface area contributed by atoms with Crippen LogP contribution in [-0.4, -0.2) is 34.7 Å². The third-order valence-corrected chi connectivity index (χ3v) is 4.25. The van der Waals surface area contributed by atoms with Crippen LogP contribution in [0.15, 0.2) is 65.3 Å². The number of hydrogen-bond donors (Lipinski definition) is 2. The summed E-state index contributed by atoms with van der Waals surface area (Å²) in [4.78, 5) is 24.3. The molecule has 0 aliphatic heterocycles. The summed E-state index contributed by atoms with van der Waals surface area (Å²) in [6.45, 7) is 2.32. The van der Waals surface area contributed by atoms with E-state index in [0.29, 0.717) is 12.3 Å². The molecule has 8 heteroatoms. The molecule has 28 heavy (non-hydrogen) atoms. The van der Waals surface area contributed by atoms with E-state index in [1.54, 1.807) is 41.2 Å². The summed E-state index contributed by atoms with van der Waals surface area (Å²) >= 11 is 3.40. The largest absolute Gasteiger partial charge is 0.494 e. The van der Waals surface area contributed by atoms with E-state index in [9.17, 15) is 9.59 Å². The lowest BCUT2D eigenvalue weighted by atomic mass is 10.3. The van der Waals surface area contributed by atoms with Gasteiger partial charge in [-0.1, -0.05) is 22.0 Å². The lowest BCUT2D eigenvalue weighted by Gasteiger charge is -2.07. The maximum atomic E-state index is 12.2. The molecule has 0 bridgehead atoms. The Labute approximate surface area is 170 Å². The van der Waals surface area contributed by atoms with Gasteiger partial charge in [0.05, 0.1) is 18.8 Å². The first kappa shape index (κ1) is 19.6. The van der Waals surface area contributed by atoms with Gasteiger partial charge in [-0.05, 0) is 55.5 Å². The number of amides is 2. The molecule has 7 nitrogen and oxygen atoms in total. The van der Waals surface area contributed by atoms with Crippen molar-refractivity contribution in [3.05, 3.63) is 71.0 Å². The Kier molecular flexibility index (Phi) is 6.44. The van der Waals surface area contributed by atoms with Gasteiger partial charge in [-0.25, -0.2) is 4.68 Å². The minimum absolute atomic E-state index is 0.157. The number of benzene rings is 2. The monoisotopic (exact) mass is 442 g/mol. The van der Waals surface area contributed by atoms with Crippen LogP contribution in [0.3, 0.4) is 0 Å². The van der Waals surface area contributed by atoms with Gasteiger partial charge >= 0.3 is 0 Å². The number of anilines is 1. The van der Waals surface area contributed by atoms with Crippen LogP contribution >= 0.6 is 15.9 Å². The minimum Gasteiger partial charge on any atom is -0.494 e. The number of rotatable bonds is 7. The van der Waals surface area contributed by atoms with Crippen LogP contribution in [0, 0.1) is 0 Å². The quantitative estimate of drug-likeness (QED) is 0.586. The number of hydrogen-bond acceptors (Lipinski definition) is 4. The van der Waals surface area contributed by atoms with Gasteiger partial charge in [-0.15, -0.1) is 0 Å². The van der Waals surface area contributed by atoms with E-state index < -0.39 is 5.91 Å². The van der Waals surface area contributed by atoms with Crippen molar-refractivity contribution >= 4 is 33.4 Å². The molecule has 0 fully saturated rings. The Morgan fingerprint density at radius 2 is 1.93 bits per heavy atom. The molecule has 0 aliphatic rings.